The predicted octanol–water partition coefficient (Wildman–Crippen LogP) is 3.26. The van der Waals surface area contributed by atoms with E-state index < -0.39 is 5.97 Å². The summed E-state index contributed by atoms with van der Waals surface area (Å²) in [4.78, 5) is 12.8. The molecule has 0 radical (unpaired) electrons. The number of hydrogen-bond donors (Lipinski definition) is 1. The van der Waals surface area contributed by atoms with Crippen molar-refractivity contribution in [1.82, 2.24) is 0 Å². The van der Waals surface area contributed by atoms with E-state index in [-0.39, 0.29) is 28.6 Å². The predicted molar refractivity (Wildman–Crippen MR) is 105 cm³/mol. The zero-order chi connectivity index (χ0) is 20.1. The number of benzene rings is 2. The quantitative estimate of drug-likeness (QED) is 0.360. The van der Waals surface area contributed by atoms with E-state index in [0.29, 0.717) is 20.8 Å². The van der Waals surface area contributed by atoms with Crippen molar-refractivity contribution in [3.8, 4) is 40.2 Å². The van der Waals surface area contributed by atoms with Crippen molar-refractivity contribution in [3.63, 3.8) is 0 Å². The molecule has 0 aromatic heterocycles. The topological polar surface area (TPSA) is 92.7 Å². The monoisotopic (exact) mass is 490 g/mol. The fraction of sp³-hybridized carbons (Fsp3) is 0.278. The summed E-state index contributed by atoms with van der Waals surface area (Å²) in [5.41, 5.74) is 0.189. The molecule has 146 valence electrons. The molecule has 9 heteroatoms. The zero-order valence-corrected chi connectivity index (χ0v) is 17.6. The number of aromatic hydroxyl groups is 1. The first kappa shape index (κ1) is 20.7. The van der Waals surface area contributed by atoms with Gasteiger partial charge in [0.15, 0.2) is 23.0 Å². The lowest BCUT2D eigenvalue weighted by atomic mass is 10.1. The highest BCUT2D eigenvalue weighted by Gasteiger charge is 2.25. The molecule has 2 aromatic rings. The van der Waals surface area contributed by atoms with Crippen LogP contribution in [0.4, 0.5) is 0 Å². The van der Waals surface area contributed by atoms with Gasteiger partial charge >= 0.3 is 5.97 Å². The van der Waals surface area contributed by atoms with Gasteiger partial charge in [0.2, 0.25) is 11.5 Å². The van der Waals surface area contributed by atoms with Gasteiger partial charge in [0.1, 0.15) is 5.75 Å². The van der Waals surface area contributed by atoms with E-state index >= 15 is 0 Å². The highest BCUT2D eigenvalue weighted by atomic mass is 127. The zero-order valence-electron chi connectivity index (χ0n) is 15.4. The van der Waals surface area contributed by atoms with Crippen LogP contribution in [0.2, 0.25) is 0 Å². The second-order valence-corrected chi connectivity index (χ2v) is 6.15. The molecule has 0 saturated heterocycles. The highest BCUT2D eigenvalue weighted by molar-refractivity contribution is 14.1. The minimum Gasteiger partial charge on any atom is -0.508 e. The lowest BCUT2D eigenvalue weighted by molar-refractivity contribution is 0.0726. The molecule has 0 amide bonds. The van der Waals surface area contributed by atoms with E-state index in [2.05, 4.69) is 0 Å². The first-order valence-electron chi connectivity index (χ1n) is 7.57. The third kappa shape index (κ3) is 4.07. The molecule has 0 bridgehead atoms. The Morgan fingerprint density at radius 3 is 1.81 bits per heavy atom. The first-order valence-corrected chi connectivity index (χ1v) is 8.65. The summed E-state index contributed by atoms with van der Waals surface area (Å²) < 4.78 is 32.2. The van der Waals surface area contributed by atoms with Gasteiger partial charge in [-0.3, -0.25) is 0 Å². The van der Waals surface area contributed by atoms with Crippen molar-refractivity contribution < 1.29 is 38.3 Å². The normalized spacial score (nSPS) is 10.1. The van der Waals surface area contributed by atoms with E-state index in [1.807, 2.05) is 22.6 Å². The number of phenolic OH excluding ortho intramolecular Hbond substituents is 1. The van der Waals surface area contributed by atoms with Crippen molar-refractivity contribution in [2.45, 2.75) is 0 Å². The molecule has 0 saturated carbocycles. The first-order chi connectivity index (χ1) is 12.9. The molecule has 0 aliphatic carbocycles. The second kappa shape index (κ2) is 8.89. The van der Waals surface area contributed by atoms with Crippen LogP contribution in [-0.4, -0.2) is 46.6 Å². The summed E-state index contributed by atoms with van der Waals surface area (Å²) >= 11 is 1.95. The Hall–Kier alpha value is -2.56. The molecule has 27 heavy (non-hydrogen) atoms. The number of carbonyl (C=O) groups excluding carboxylic acids is 1. The summed E-state index contributed by atoms with van der Waals surface area (Å²) in [6.07, 6.45) is 0. The van der Waals surface area contributed by atoms with Crippen LogP contribution in [0.1, 0.15) is 10.4 Å². The molecule has 0 heterocycles. The minimum absolute atomic E-state index is 0.00361. The summed E-state index contributed by atoms with van der Waals surface area (Å²) in [7, 11) is 7.18. The fourth-order valence-electron chi connectivity index (χ4n) is 2.42. The van der Waals surface area contributed by atoms with E-state index in [9.17, 15) is 9.90 Å². The number of carbonyl (C=O) groups is 1. The van der Waals surface area contributed by atoms with Gasteiger partial charge < -0.3 is 33.5 Å². The summed E-state index contributed by atoms with van der Waals surface area (Å²) in [5.74, 6) is 0.555. The lowest BCUT2D eigenvalue weighted by Gasteiger charge is -2.17. The maximum atomic E-state index is 12.8. The van der Waals surface area contributed by atoms with Crippen LogP contribution in [0, 0.1) is 3.57 Å². The van der Waals surface area contributed by atoms with Crippen molar-refractivity contribution in [3.05, 3.63) is 27.3 Å². The van der Waals surface area contributed by atoms with Crippen LogP contribution in [0.15, 0.2) is 18.2 Å². The van der Waals surface area contributed by atoms with Crippen molar-refractivity contribution in [2.75, 3.05) is 35.5 Å². The Labute approximate surface area is 170 Å². The molecule has 0 atom stereocenters. The summed E-state index contributed by atoms with van der Waals surface area (Å²) in [6, 6.07) is 4.08. The number of hydrogen-bond acceptors (Lipinski definition) is 8. The largest absolute Gasteiger partial charge is 0.508 e. The van der Waals surface area contributed by atoms with Gasteiger partial charge in [0, 0.05) is 12.1 Å². The smallest absolute Gasteiger partial charge is 0.345 e. The molecule has 8 nitrogen and oxygen atoms in total. The van der Waals surface area contributed by atoms with E-state index in [1.165, 1.54) is 53.7 Å². The average Bonchev–Trinajstić information content (AvgIpc) is 2.66. The standard InChI is InChI=1S/C18H19IO8/c1-22-11-6-9(20)7-13(15(11)24-3)27-18(21)10-8-12(23-2)16(25-4)17(26-5)14(10)19/h6-8,20H,1-5H3. The number of phenols is 1. The molecular weight excluding hydrogens is 471 g/mol. The SMILES string of the molecule is COc1cc(O)cc(OC(=O)c2cc(OC)c(OC)c(OC)c2I)c1OC. The van der Waals surface area contributed by atoms with Crippen LogP contribution in [-0.2, 0) is 0 Å². The van der Waals surface area contributed by atoms with Crippen LogP contribution < -0.4 is 28.4 Å². The molecule has 0 spiro atoms. The molecule has 0 aliphatic heterocycles. The number of esters is 1. The summed E-state index contributed by atoms with van der Waals surface area (Å²) in [5, 5.41) is 9.83. The van der Waals surface area contributed by atoms with Gasteiger partial charge in [-0.1, -0.05) is 0 Å². The number of methoxy groups -OCH3 is 5. The van der Waals surface area contributed by atoms with E-state index in [4.69, 9.17) is 28.4 Å². The molecule has 0 aliphatic rings. The molecule has 0 fully saturated rings. The van der Waals surface area contributed by atoms with Gasteiger partial charge in [0.25, 0.3) is 0 Å². The average molecular weight is 490 g/mol. The van der Waals surface area contributed by atoms with Crippen molar-refractivity contribution >= 4 is 28.6 Å². The van der Waals surface area contributed by atoms with Gasteiger partial charge in [-0.05, 0) is 28.7 Å². The maximum absolute atomic E-state index is 12.8. The van der Waals surface area contributed by atoms with Gasteiger partial charge in [0.05, 0.1) is 44.7 Å². The third-order valence-electron chi connectivity index (χ3n) is 3.62. The highest BCUT2D eigenvalue weighted by Crippen LogP contribution is 2.44. The van der Waals surface area contributed by atoms with Crippen molar-refractivity contribution in [1.29, 1.82) is 0 Å². The van der Waals surface area contributed by atoms with Gasteiger partial charge in [-0.2, -0.15) is 0 Å². The van der Waals surface area contributed by atoms with Gasteiger partial charge in [-0.15, -0.1) is 0 Å². The second-order valence-electron chi connectivity index (χ2n) is 5.08. The van der Waals surface area contributed by atoms with Crippen LogP contribution in [0.5, 0.6) is 40.2 Å². The van der Waals surface area contributed by atoms with Crippen LogP contribution in [0.3, 0.4) is 0 Å². The number of ether oxygens (including phenoxy) is 6. The Bertz CT molecular complexity index is 850. The molecule has 2 rings (SSSR count). The molecular formula is C18H19IO8. The summed E-state index contributed by atoms with van der Waals surface area (Å²) in [6.45, 7) is 0. The van der Waals surface area contributed by atoms with E-state index in [1.54, 1.807) is 0 Å². The molecule has 2 aromatic carbocycles. The van der Waals surface area contributed by atoms with E-state index in [0.717, 1.165) is 0 Å². The van der Waals surface area contributed by atoms with Gasteiger partial charge in [-0.25, -0.2) is 4.79 Å². The Kier molecular flexibility index (Phi) is 6.83. The molecule has 0 unspecified atom stereocenters. The lowest BCUT2D eigenvalue weighted by Crippen LogP contribution is -2.13. The Morgan fingerprint density at radius 2 is 1.30 bits per heavy atom. The third-order valence-corrected chi connectivity index (χ3v) is 4.69. The van der Waals surface area contributed by atoms with Crippen LogP contribution >= 0.6 is 22.6 Å². The molecule has 1 N–H and O–H groups in total. The number of halogens is 1. The minimum atomic E-state index is -0.704. The van der Waals surface area contributed by atoms with Crippen molar-refractivity contribution in [2.24, 2.45) is 0 Å². The van der Waals surface area contributed by atoms with Crippen LogP contribution in [0.25, 0.3) is 0 Å². The Balaban J connectivity index is 2.53. The maximum Gasteiger partial charge on any atom is 0.345 e. The number of rotatable bonds is 7. The Morgan fingerprint density at radius 1 is 0.778 bits per heavy atom. The fourth-order valence-corrected chi connectivity index (χ4v) is 3.26.